The molecule has 0 aliphatic carbocycles. The molecule has 0 saturated carbocycles. The number of benzene rings is 2. The molecule has 0 aliphatic rings. The van der Waals surface area contributed by atoms with E-state index in [4.69, 9.17) is 5.11 Å². The van der Waals surface area contributed by atoms with E-state index in [9.17, 15) is 4.79 Å². The van der Waals surface area contributed by atoms with Gasteiger partial charge in [0.15, 0.2) is 0 Å². The minimum absolute atomic E-state index is 0.122. The fourth-order valence-electron chi connectivity index (χ4n) is 2.36. The lowest BCUT2D eigenvalue weighted by Gasteiger charge is -2.20. The number of fused-ring (bicyclic) bond motifs is 1. The highest BCUT2D eigenvalue weighted by Gasteiger charge is 2.11. The van der Waals surface area contributed by atoms with Gasteiger partial charge in [-0.05, 0) is 29.7 Å². The zero-order chi connectivity index (χ0) is 14.4. The molecular formula is C17H21NO2. The Labute approximate surface area is 119 Å². The number of aliphatic hydroxyl groups is 1. The number of likely N-dealkylation sites (N-methyl/N-ethyl adjacent to an activating group) is 1. The van der Waals surface area contributed by atoms with Crippen molar-refractivity contribution >= 4 is 16.7 Å². The molecule has 20 heavy (non-hydrogen) atoms. The largest absolute Gasteiger partial charge is 0.396 e. The SMILES string of the molecule is CCN(CCCO)C(=O)Cc1ccc2ccccc2c1. The van der Waals surface area contributed by atoms with E-state index >= 15 is 0 Å². The van der Waals surface area contributed by atoms with E-state index < -0.39 is 0 Å². The van der Waals surface area contributed by atoms with E-state index in [0.717, 1.165) is 10.9 Å². The Kier molecular flexibility index (Phi) is 5.13. The fourth-order valence-corrected chi connectivity index (χ4v) is 2.36. The summed E-state index contributed by atoms with van der Waals surface area (Å²) >= 11 is 0. The zero-order valence-corrected chi connectivity index (χ0v) is 11.9. The number of nitrogens with zero attached hydrogens (tertiary/aromatic N) is 1. The molecule has 0 spiro atoms. The standard InChI is InChI=1S/C17H21NO2/c1-2-18(10-5-11-19)17(20)13-14-8-9-15-6-3-4-7-16(15)12-14/h3-4,6-9,12,19H,2,5,10-11,13H2,1H3. The van der Waals surface area contributed by atoms with E-state index in [-0.39, 0.29) is 12.5 Å². The first-order chi connectivity index (χ1) is 9.74. The first-order valence-corrected chi connectivity index (χ1v) is 7.11. The van der Waals surface area contributed by atoms with Gasteiger partial charge in [-0.15, -0.1) is 0 Å². The minimum atomic E-state index is 0.122. The smallest absolute Gasteiger partial charge is 0.226 e. The molecule has 0 fully saturated rings. The van der Waals surface area contributed by atoms with Crippen molar-refractivity contribution in [2.24, 2.45) is 0 Å². The molecule has 3 nitrogen and oxygen atoms in total. The van der Waals surface area contributed by atoms with Crippen LogP contribution in [0, 0.1) is 0 Å². The third-order valence-corrected chi connectivity index (χ3v) is 3.49. The van der Waals surface area contributed by atoms with E-state index in [1.807, 2.05) is 25.1 Å². The third kappa shape index (κ3) is 3.58. The first kappa shape index (κ1) is 14.5. The number of amides is 1. The molecule has 0 unspecified atom stereocenters. The molecule has 0 aliphatic heterocycles. The predicted octanol–water partition coefficient (Wildman–Crippen LogP) is 2.61. The number of carbonyl (C=O) groups excluding carboxylic acids is 1. The van der Waals surface area contributed by atoms with Gasteiger partial charge >= 0.3 is 0 Å². The number of carbonyl (C=O) groups is 1. The van der Waals surface area contributed by atoms with Crippen LogP contribution in [-0.2, 0) is 11.2 Å². The molecule has 0 bridgehead atoms. The van der Waals surface area contributed by atoms with Gasteiger partial charge in [0.2, 0.25) is 5.91 Å². The van der Waals surface area contributed by atoms with Crippen LogP contribution in [0.25, 0.3) is 10.8 Å². The van der Waals surface area contributed by atoms with Gasteiger partial charge in [0.05, 0.1) is 6.42 Å². The second-order valence-electron chi connectivity index (χ2n) is 4.91. The van der Waals surface area contributed by atoms with Gasteiger partial charge in [0.1, 0.15) is 0 Å². The Hall–Kier alpha value is -1.87. The molecule has 0 atom stereocenters. The third-order valence-electron chi connectivity index (χ3n) is 3.49. The Morgan fingerprint density at radius 1 is 1.15 bits per heavy atom. The van der Waals surface area contributed by atoms with Crippen LogP contribution in [0.5, 0.6) is 0 Å². The van der Waals surface area contributed by atoms with Gasteiger partial charge in [0, 0.05) is 19.7 Å². The minimum Gasteiger partial charge on any atom is -0.396 e. The van der Waals surface area contributed by atoms with Gasteiger partial charge in [-0.25, -0.2) is 0 Å². The van der Waals surface area contributed by atoms with Crippen molar-refractivity contribution in [1.82, 2.24) is 4.90 Å². The summed E-state index contributed by atoms with van der Waals surface area (Å²) < 4.78 is 0. The van der Waals surface area contributed by atoms with Crippen LogP contribution in [0.4, 0.5) is 0 Å². The highest BCUT2D eigenvalue weighted by molar-refractivity contribution is 5.85. The summed E-state index contributed by atoms with van der Waals surface area (Å²) in [5, 5.41) is 11.2. The Balaban J connectivity index is 2.08. The number of hydrogen-bond donors (Lipinski definition) is 1. The van der Waals surface area contributed by atoms with Crippen molar-refractivity contribution in [2.45, 2.75) is 19.8 Å². The quantitative estimate of drug-likeness (QED) is 0.877. The molecule has 0 radical (unpaired) electrons. The monoisotopic (exact) mass is 271 g/mol. The van der Waals surface area contributed by atoms with Crippen molar-refractivity contribution in [1.29, 1.82) is 0 Å². The van der Waals surface area contributed by atoms with Gasteiger partial charge in [-0.1, -0.05) is 42.5 Å². The number of rotatable bonds is 6. The van der Waals surface area contributed by atoms with Crippen molar-refractivity contribution in [3.05, 3.63) is 48.0 Å². The van der Waals surface area contributed by atoms with Crippen LogP contribution >= 0.6 is 0 Å². The van der Waals surface area contributed by atoms with Gasteiger partial charge < -0.3 is 10.0 Å². The van der Waals surface area contributed by atoms with Crippen LogP contribution < -0.4 is 0 Å². The summed E-state index contributed by atoms with van der Waals surface area (Å²) in [4.78, 5) is 14.0. The van der Waals surface area contributed by atoms with E-state index in [0.29, 0.717) is 25.9 Å². The summed E-state index contributed by atoms with van der Waals surface area (Å²) in [5.41, 5.74) is 1.04. The Morgan fingerprint density at radius 3 is 2.60 bits per heavy atom. The predicted molar refractivity (Wildman–Crippen MR) is 81.6 cm³/mol. The molecule has 2 rings (SSSR count). The van der Waals surface area contributed by atoms with E-state index in [1.165, 1.54) is 5.39 Å². The molecule has 0 aromatic heterocycles. The van der Waals surface area contributed by atoms with Crippen molar-refractivity contribution in [3.8, 4) is 0 Å². The average molecular weight is 271 g/mol. The molecule has 3 heteroatoms. The molecular weight excluding hydrogens is 250 g/mol. The summed E-state index contributed by atoms with van der Waals surface area (Å²) in [6.07, 6.45) is 1.06. The maximum atomic E-state index is 12.2. The van der Waals surface area contributed by atoms with E-state index in [1.54, 1.807) is 4.90 Å². The second-order valence-corrected chi connectivity index (χ2v) is 4.91. The Morgan fingerprint density at radius 2 is 1.90 bits per heavy atom. The van der Waals surface area contributed by atoms with Crippen LogP contribution in [0.2, 0.25) is 0 Å². The average Bonchev–Trinajstić information content (AvgIpc) is 2.48. The second kappa shape index (κ2) is 7.06. The van der Waals surface area contributed by atoms with Crippen LogP contribution in [0.15, 0.2) is 42.5 Å². The lowest BCUT2D eigenvalue weighted by molar-refractivity contribution is -0.130. The maximum Gasteiger partial charge on any atom is 0.226 e. The summed E-state index contributed by atoms with van der Waals surface area (Å²) in [6, 6.07) is 14.3. The maximum absolute atomic E-state index is 12.2. The van der Waals surface area contributed by atoms with E-state index in [2.05, 4.69) is 24.3 Å². The topological polar surface area (TPSA) is 40.5 Å². The molecule has 2 aromatic carbocycles. The van der Waals surface area contributed by atoms with Gasteiger partial charge in [-0.3, -0.25) is 4.79 Å². The molecule has 1 amide bonds. The first-order valence-electron chi connectivity index (χ1n) is 7.11. The van der Waals surface area contributed by atoms with Crippen molar-refractivity contribution < 1.29 is 9.90 Å². The summed E-state index contributed by atoms with van der Waals surface area (Å²) in [7, 11) is 0. The fraction of sp³-hybridized carbons (Fsp3) is 0.353. The van der Waals surface area contributed by atoms with Gasteiger partial charge in [0.25, 0.3) is 0 Å². The normalized spacial score (nSPS) is 10.7. The van der Waals surface area contributed by atoms with Gasteiger partial charge in [-0.2, -0.15) is 0 Å². The number of hydrogen-bond acceptors (Lipinski definition) is 2. The van der Waals surface area contributed by atoms with Crippen LogP contribution in [-0.4, -0.2) is 35.6 Å². The highest BCUT2D eigenvalue weighted by Crippen LogP contribution is 2.16. The highest BCUT2D eigenvalue weighted by atomic mass is 16.3. The number of aliphatic hydroxyl groups excluding tert-OH is 1. The Bertz CT molecular complexity index is 580. The molecule has 1 N–H and O–H groups in total. The van der Waals surface area contributed by atoms with Crippen molar-refractivity contribution in [3.63, 3.8) is 0 Å². The molecule has 0 saturated heterocycles. The zero-order valence-electron chi connectivity index (χ0n) is 11.9. The molecule has 0 heterocycles. The van der Waals surface area contributed by atoms with Crippen LogP contribution in [0.1, 0.15) is 18.9 Å². The summed E-state index contributed by atoms with van der Waals surface area (Å²) in [6.45, 7) is 3.40. The lowest BCUT2D eigenvalue weighted by Crippen LogP contribution is -2.33. The van der Waals surface area contributed by atoms with Crippen LogP contribution in [0.3, 0.4) is 0 Å². The lowest BCUT2D eigenvalue weighted by atomic mass is 10.0. The van der Waals surface area contributed by atoms with Crippen molar-refractivity contribution in [2.75, 3.05) is 19.7 Å². The molecule has 106 valence electrons. The summed E-state index contributed by atoms with van der Waals surface area (Å²) in [5.74, 6) is 0.122. The molecule has 2 aromatic rings.